The van der Waals surface area contributed by atoms with Crippen molar-refractivity contribution in [3.05, 3.63) is 87.7 Å². The second kappa shape index (κ2) is 11.8. The maximum absolute atomic E-state index is 12.9. The highest BCUT2D eigenvalue weighted by Gasteiger charge is 2.36. The highest BCUT2D eigenvalue weighted by atomic mass is 79.9. The Bertz CT molecular complexity index is 1510. The van der Waals surface area contributed by atoms with Crippen molar-refractivity contribution >= 4 is 66.6 Å². The fourth-order valence-corrected chi connectivity index (χ4v) is 5.88. The lowest BCUT2D eigenvalue weighted by atomic mass is 10.2. The molecule has 0 aromatic heterocycles. The topological polar surface area (TPSA) is 119 Å². The number of rotatable bonds is 9. The van der Waals surface area contributed by atoms with E-state index < -0.39 is 33.7 Å². The van der Waals surface area contributed by atoms with Crippen molar-refractivity contribution in [1.82, 2.24) is 4.90 Å². The van der Waals surface area contributed by atoms with E-state index in [-0.39, 0.29) is 32.4 Å². The summed E-state index contributed by atoms with van der Waals surface area (Å²) in [5.41, 5.74) is 0.994. The Morgan fingerprint density at radius 3 is 2.37 bits per heavy atom. The van der Waals surface area contributed by atoms with Crippen LogP contribution in [0.15, 0.2) is 87.1 Å². The maximum Gasteiger partial charge on any atom is 0.339 e. The lowest BCUT2D eigenvalue weighted by Gasteiger charge is -2.14. The van der Waals surface area contributed by atoms with E-state index in [0.717, 1.165) is 4.90 Å². The molecule has 0 unspecified atom stereocenters. The molecule has 9 nitrogen and oxygen atoms in total. The number of nitrogens with one attached hydrogen (secondary N) is 1. The van der Waals surface area contributed by atoms with Crippen molar-refractivity contribution in [3.8, 4) is 11.5 Å². The van der Waals surface area contributed by atoms with Crippen molar-refractivity contribution < 1.29 is 31.7 Å². The number of carbonyl (C=O) groups is 3. The Hall–Kier alpha value is -3.61. The monoisotopic (exact) mass is 616 g/mol. The number of nitrogens with zero attached hydrogens (tertiary/aromatic N) is 1. The lowest BCUT2D eigenvalue weighted by Crippen LogP contribution is -2.36. The number of halogens is 1. The van der Waals surface area contributed by atoms with Crippen LogP contribution in [0.4, 0.5) is 10.5 Å². The minimum atomic E-state index is -4.14. The van der Waals surface area contributed by atoms with E-state index in [4.69, 9.17) is 8.92 Å². The molecule has 1 aliphatic rings. The van der Waals surface area contributed by atoms with E-state index in [1.807, 2.05) is 0 Å². The number of ether oxygens (including phenoxy) is 1. The van der Waals surface area contributed by atoms with Gasteiger partial charge in [0, 0.05) is 5.69 Å². The van der Waals surface area contributed by atoms with Crippen LogP contribution in [-0.2, 0) is 19.7 Å². The minimum absolute atomic E-state index is 0.0246. The molecule has 1 aliphatic heterocycles. The lowest BCUT2D eigenvalue weighted by molar-refractivity contribution is -0.127. The van der Waals surface area contributed by atoms with Gasteiger partial charge in [-0.15, -0.1) is 0 Å². The molecule has 4 rings (SSSR count). The van der Waals surface area contributed by atoms with Crippen LogP contribution in [0.2, 0.25) is 0 Å². The van der Waals surface area contributed by atoms with E-state index in [1.54, 1.807) is 55.5 Å². The first-order valence-electron chi connectivity index (χ1n) is 11.2. The number of hydrogen-bond donors (Lipinski definition) is 1. The molecular weight excluding hydrogens is 596 g/mol. The summed E-state index contributed by atoms with van der Waals surface area (Å²) in [5.74, 6) is -1.07. The Labute approximate surface area is 232 Å². The summed E-state index contributed by atoms with van der Waals surface area (Å²) in [4.78, 5) is 38.7. The van der Waals surface area contributed by atoms with Gasteiger partial charge in [0.1, 0.15) is 11.4 Å². The highest BCUT2D eigenvalue weighted by Crippen LogP contribution is 2.40. The zero-order valence-electron chi connectivity index (χ0n) is 19.9. The molecule has 1 fully saturated rings. The fraction of sp³-hybridized carbons (Fsp3) is 0.115. The van der Waals surface area contributed by atoms with Crippen LogP contribution in [0.1, 0.15) is 12.5 Å². The smallest absolute Gasteiger partial charge is 0.339 e. The molecular formula is C26H21BrN2O7S2. The molecule has 0 saturated carbocycles. The van der Waals surface area contributed by atoms with E-state index in [2.05, 4.69) is 21.2 Å². The Kier molecular flexibility index (Phi) is 8.55. The first-order chi connectivity index (χ1) is 18.2. The number of anilines is 1. The summed E-state index contributed by atoms with van der Waals surface area (Å²) in [6.45, 7) is 1.50. The van der Waals surface area contributed by atoms with E-state index >= 15 is 0 Å². The molecule has 0 bridgehead atoms. The average molecular weight is 617 g/mol. The highest BCUT2D eigenvalue weighted by molar-refractivity contribution is 9.10. The Morgan fingerprint density at radius 2 is 1.71 bits per heavy atom. The third kappa shape index (κ3) is 6.44. The molecule has 0 radical (unpaired) electrons. The number of carbonyl (C=O) groups excluding carboxylic acids is 3. The summed E-state index contributed by atoms with van der Waals surface area (Å²) in [7, 11) is -4.14. The Balaban J connectivity index is 1.55. The largest absolute Gasteiger partial charge is 0.490 e. The van der Waals surface area contributed by atoms with Gasteiger partial charge in [-0.25, -0.2) is 0 Å². The fourth-order valence-electron chi connectivity index (χ4n) is 3.41. The third-order valence-electron chi connectivity index (χ3n) is 5.09. The van der Waals surface area contributed by atoms with Gasteiger partial charge in [0.2, 0.25) is 5.91 Å². The van der Waals surface area contributed by atoms with Crippen LogP contribution in [0, 0.1) is 0 Å². The number of benzene rings is 3. The average Bonchev–Trinajstić information content (AvgIpc) is 3.14. The Morgan fingerprint density at radius 1 is 1.05 bits per heavy atom. The molecule has 196 valence electrons. The standard InChI is InChI=1S/C26H21BrN2O7S2/c1-2-35-21-14-17(13-20(27)24(21)36-38(33,34)19-11-7-4-8-12-19)15-22-25(31)29(26(32)37-22)16-23(30)28-18-9-5-3-6-10-18/h3-15H,2,16H2,1H3,(H,28,30)/b22-15-. The molecule has 3 aromatic carbocycles. The normalized spacial score (nSPS) is 14.6. The predicted molar refractivity (Wildman–Crippen MR) is 147 cm³/mol. The summed E-state index contributed by atoms with van der Waals surface area (Å²) >= 11 is 4.02. The summed E-state index contributed by atoms with van der Waals surface area (Å²) in [6.07, 6.45) is 1.46. The number of imide groups is 1. The van der Waals surface area contributed by atoms with Gasteiger partial charge in [0.15, 0.2) is 11.5 Å². The summed E-state index contributed by atoms with van der Waals surface area (Å²) < 4.78 is 36.8. The van der Waals surface area contributed by atoms with Gasteiger partial charge < -0.3 is 14.2 Å². The summed E-state index contributed by atoms with van der Waals surface area (Å²) in [6, 6.07) is 19.4. The predicted octanol–water partition coefficient (Wildman–Crippen LogP) is 5.29. The van der Waals surface area contributed by atoms with Crippen molar-refractivity contribution in [2.45, 2.75) is 11.8 Å². The van der Waals surface area contributed by atoms with Gasteiger partial charge in [-0.1, -0.05) is 36.4 Å². The van der Waals surface area contributed by atoms with E-state index in [0.29, 0.717) is 23.0 Å². The van der Waals surface area contributed by atoms with Crippen LogP contribution in [-0.4, -0.2) is 43.5 Å². The van der Waals surface area contributed by atoms with E-state index in [1.165, 1.54) is 30.3 Å². The van der Waals surface area contributed by atoms with Crippen LogP contribution < -0.4 is 14.2 Å². The first-order valence-corrected chi connectivity index (χ1v) is 14.3. The van der Waals surface area contributed by atoms with Crippen molar-refractivity contribution in [2.75, 3.05) is 18.5 Å². The first kappa shape index (κ1) is 27.4. The third-order valence-corrected chi connectivity index (χ3v) is 7.82. The van der Waals surface area contributed by atoms with Crippen molar-refractivity contribution in [1.29, 1.82) is 0 Å². The molecule has 38 heavy (non-hydrogen) atoms. The van der Waals surface area contributed by atoms with Crippen LogP contribution in [0.3, 0.4) is 0 Å². The molecule has 1 N–H and O–H groups in total. The van der Waals surface area contributed by atoms with E-state index in [9.17, 15) is 22.8 Å². The molecule has 0 aliphatic carbocycles. The van der Waals surface area contributed by atoms with Gasteiger partial charge in [0.25, 0.3) is 11.1 Å². The SMILES string of the molecule is CCOc1cc(/C=C2\SC(=O)N(CC(=O)Nc3ccccc3)C2=O)cc(Br)c1OS(=O)(=O)c1ccccc1. The van der Waals surface area contributed by atoms with Gasteiger partial charge in [-0.3, -0.25) is 19.3 Å². The van der Waals surface area contributed by atoms with Gasteiger partial charge >= 0.3 is 10.1 Å². The molecule has 3 aromatic rings. The molecule has 3 amide bonds. The van der Waals surface area contributed by atoms with Crippen molar-refractivity contribution in [2.24, 2.45) is 0 Å². The molecule has 0 spiro atoms. The quantitative estimate of drug-likeness (QED) is 0.254. The zero-order valence-corrected chi connectivity index (χ0v) is 23.1. The number of hydrogen-bond acceptors (Lipinski definition) is 8. The van der Waals surface area contributed by atoms with Crippen molar-refractivity contribution in [3.63, 3.8) is 0 Å². The zero-order chi connectivity index (χ0) is 27.3. The van der Waals surface area contributed by atoms with Crippen LogP contribution >= 0.6 is 27.7 Å². The van der Waals surface area contributed by atoms with Crippen LogP contribution in [0.25, 0.3) is 6.08 Å². The molecule has 1 heterocycles. The molecule has 12 heteroatoms. The van der Waals surface area contributed by atoms with Crippen LogP contribution in [0.5, 0.6) is 11.5 Å². The number of amides is 3. The van der Waals surface area contributed by atoms with Gasteiger partial charge in [-0.05, 0) is 82.7 Å². The number of para-hydroxylation sites is 1. The van der Waals surface area contributed by atoms with Gasteiger partial charge in [0.05, 0.1) is 16.0 Å². The molecule has 1 saturated heterocycles. The second-order valence-corrected chi connectivity index (χ2v) is 11.2. The maximum atomic E-state index is 12.9. The summed E-state index contributed by atoms with van der Waals surface area (Å²) in [5, 5.41) is 2.06. The van der Waals surface area contributed by atoms with Gasteiger partial charge in [-0.2, -0.15) is 8.42 Å². The molecule has 0 atom stereocenters. The number of thioether (sulfide) groups is 1. The second-order valence-electron chi connectivity index (χ2n) is 7.80. The minimum Gasteiger partial charge on any atom is -0.490 e.